The summed E-state index contributed by atoms with van der Waals surface area (Å²) < 4.78 is 5.16. The lowest BCUT2D eigenvalue weighted by Crippen LogP contribution is -2.15. The van der Waals surface area contributed by atoms with E-state index in [1.807, 2.05) is 19.9 Å². The molecule has 0 atom stereocenters. The smallest absolute Gasteiger partial charge is 0.170 e. The molecule has 0 aliphatic carbocycles. The third kappa shape index (κ3) is 2.55. The first-order chi connectivity index (χ1) is 7.07. The van der Waals surface area contributed by atoms with Gasteiger partial charge < -0.3 is 4.42 Å². The van der Waals surface area contributed by atoms with Gasteiger partial charge in [0.1, 0.15) is 11.3 Å². The molecule has 0 fully saturated rings. The summed E-state index contributed by atoms with van der Waals surface area (Å²) in [5.41, 5.74) is 1.61. The van der Waals surface area contributed by atoms with Crippen LogP contribution in [-0.2, 0) is 5.41 Å². The Morgan fingerprint density at radius 3 is 2.47 bits per heavy atom. The molecule has 2 aromatic rings. The Kier molecular flexibility index (Phi) is 3.45. The van der Waals surface area contributed by atoms with E-state index in [0.29, 0.717) is 0 Å². The highest BCUT2D eigenvalue weighted by molar-refractivity contribution is 5.70. The van der Waals surface area contributed by atoms with Crippen LogP contribution >= 0.6 is 0 Å². The molecular formula is C12H18N2O. The van der Waals surface area contributed by atoms with Crippen LogP contribution in [0.3, 0.4) is 0 Å². The maximum Gasteiger partial charge on any atom is 0.170 e. The molecule has 0 spiro atoms. The second-order valence-electron chi connectivity index (χ2n) is 4.11. The molecule has 0 unspecified atom stereocenters. The Hall–Kier alpha value is -1.38. The molecule has 0 radical (unpaired) electrons. The Morgan fingerprint density at radius 2 is 1.87 bits per heavy atom. The third-order valence-corrected chi connectivity index (χ3v) is 1.87. The maximum absolute atomic E-state index is 5.16. The van der Waals surface area contributed by atoms with Crippen molar-refractivity contribution >= 4 is 11.1 Å². The van der Waals surface area contributed by atoms with Gasteiger partial charge in [-0.2, -0.15) is 0 Å². The zero-order valence-corrected chi connectivity index (χ0v) is 10.0. The van der Waals surface area contributed by atoms with Gasteiger partial charge >= 0.3 is 0 Å². The summed E-state index contributed by atoms with van der Waals surface area (Å²) in [6.45, 7) is 10.3. The number of nitrogens with zero attached hydrogens (tertiary/aromatic N) is 2. The van der Waals surface area contributed by atoms with Crippen LogP contribution in [0.2, 0.25) is 0 Å². The molecule has 0 aliphatic rings. The molecule has 15 heavy (non-hydrogen) atoms. The molecule has 0 aliphatic heterocycles. The second kappa shape index (κ2) is 4.43. The van der Waals surface area contributed by atoms with Gasteiger partial charge in [0.15, 0.2) is 5.58 Å². The van der Waals surface area contributed by atoms with Gasteiger partial charge in [0, 0.05) is 11.5 Å². The van der Waals surface area contributed by atoms with Gasteiger partial charge in [0.2, 0.25) is 0 Å². The van der Waals surface area contributed by atoms with E-state index < -0.39 is 0 Å². The first-order valence-electron chi connectivity index (χ1n) is 5.28. The lowest BCUT2D eigenvalue weighted by Gasteiger charge is -2.15. The SMILES string of the molecule is CC.CC(C)(C)c1ncc2occc2n1. The molecule has 0 N–H and O–H groups in total. The predicted octanol–water partition coefficient (Wildman–Crippen LogP) is 3.55. The van der Waals surface area contributed by atoms with Crippen LogP contribution < -0.4 is 0 Å². The maximum atomic E-state index is 5.16. The van der Waals surface area contributed by atoms with Gasteiger partial charge in [-0.25, -0.2) is 9.97 Å². The van der Waals surface area contributed by atoms with Gasteiger partial charge in [-0.15, -0.1) is 0 Å². The molecule has 2 heterocycles. The zero-order chi connectivity index (χ0) is 11.5. The number of aromatic nitrogens is 2. The topological polar surface area (TPSA) is 38.9 Å². The van der Waals surface area contributed by atoms with Crippen LogP contribution in [0.15, 0.2) is 22.9 Å². The fourth-order valence-corrected chi connectivity index (χ4v) is 1.13. The molecule has 0 aromatic carbocycles. The first-order valence-corrected chi connectivity index (χ1v) is 5.28. The quantitative estimate of drug-likeness (QED) is 0.661. The van der Waals surface area contributed by atoms with Crippen molar-refractivity contribution in [2.75, 3.05) is 0 Å². The molecule has 2 aromatic heterocycles. The third-order valence-electron chi connectivity index (χ3n) is 1.87. The predicted molar refractivity (Wildman–Crippen MR) is 61.9 cm³/mol. The van der Waals surface area contributed by atoms with Crippen LogP contribution in [0.5, 0.6) is 0 Å². The van der Waals surface area contributed by atoms with Crippen molar-refractivity contribution in [3.8, 4) is 0 Å². The summed E-state index contributed by atoms with van der Waals surface area (Å²) >= 11 is 0. The minimum absolute atomic E-state index is 0.00847. The van der Waals surface area contributed by atoms with E-state index in [1.165, 1.54) is 0 Å². The first kappa shape index (κ1) is 11.7. The molecule has 2 rings (SSSR count). The summed E-state index contributed by atoms with van der Waals surface area (Å²) in [7, 11) is 0. The molecule has 0 amide bonds. The average molecular weight is 206 g/mol. The van der Waals surface area contributed by atoms with E-state index in [9.17, 15) is 0 Å². The second-order valence-corrected chi connectivity index (χ2v) is 4.11. The molecule has 0 bridgehead atoms. The van der Waals surface area contributed by atoms with Crippen molar-refractivity contribution in [1.82, 2.24) is 9.97 Å². The van der Waals surface area contributed by atoms with E-state index >= 15 is 0 Å². The Balaban J connectivity index is 0.000000531. The highest BCUT2D eigenvalue weighted by Gasteiger charge is 2.17. The normalized spacial score (nSPS) is 11.0. The molecule has 0 saturated carbocycles. The van der Waals surface area contributed by atoms with Gasteiger partial charge in [-0.05, 0) is 0 Å². The fraction of sp³-hybridized carbons (Fsp3) is 0.500. The van der Waals surface area contributed by atoms with Crippen LogP contribution in [0.4, 0.5) is 0 Å². The number of fused-ring (bicyclic) bond motifs is 1. The highest BCUT2D eigenvalue weighted by atomic mass is 16.3. The van der Waals surface area contributed by atoms with Gasteiger partial charge in [0.05, 0.1) is 12.5 Å². The van der Waals surface area contributed by atoms with Gasteiger partial charge in [-0.3, -0.25) is 0 Å². The van der Waals surface area contributed by atoms with Crippen LogP contribution in [0.1, 0.15) is 40.4 Å². The summed E-state index contributed by atoms with van der Waals surface area (Å²) in [6, 6.07) is 1.85. The van der Waals surface area contributed by atoms with Gasteiger partial charge in [0.25, 0.3) is 0 Å². The van der Waals surface area contributed by atoms with E-state index in [0.717, 1.165) is 16.9 Å². The van der Waals surface area contributed by atoms with Crippen molar-refractivity contribution in [1.29, 1.82) is 0 Å². The van der Waals surface area contributed by atoms with E-state index in [2.05, 4.69) is 30.7 Å². The van der Waals surface area contributed by atoms with Gasteiger partial charge in [-0.1, -0.05) is 34.6 Å². The standard InChI is InChI=1S/C10H12N2O.C2H6/c1-10(2,3)9-11-6-8-7(12-9)4-5-13-8;1-2/h4-6H,1-3H3;1-2H3. The number of hydrogen-bond donors (Lipinski definition) is 0. The highest BCUT2D eigenvalue weighted by Crippen LogP contribution is 2.20. The molecule has 3 nitrogen and oxygen atoms in total. The number of furan rings is 1. The van der Waals surface area contributed by atoms with Crippen molar-refractivity contribution in [3.05, 3.63) is 24.4 Å². The van der Waals surface area contributed by atoms with E-state index in [-0.39, 0.29) is 5.41 Å². The lowest BCUT2D eigenvalue weighted by molar-refractivity contribution is 0.545. The van der Waals surface area contributed by atoms with Crippen LogP contribution in [0.25, 0.3) is 11.1 Å². The molecular weight excluding hydrogens is 188 g/mol. The van der Waals surface area contributed by atoms with Crippen LogP contribution in [0, 0.1) is 0 Å². The summed E-state index contributed by atoms with van der Waals surface area (Å²) in [5, 5.41) is 0. The zero-order valence-electron chi connectivity index (χ0n) is 10.0. The summed E-state index contributed by atoms with van der Waals surface area (Å²) in [5.74, 6) is 0.849. The molecule has 3 heteroatoms. The van der Waals surface area contributed by atoms with Crippen molar-refractivity contribution in [2.45, 2.75) is 40.0 Å². The Morgan fingerprint density at radius 1 is 1.20 bits per heavy atom. The Bertz CT molecular complexity index is 426. The van der Waals surface area contributed by atoms with Crippen molar-refractivity contribution in [2.24, 2.45) is 0 Å². The van der Waals surface area contributed by atoms with Crippen molar-refractivity contribution < 1.29 is 4.42 Å². The van der Waals surface area contributed by atoms with E-state index in [1.54, 1.807) is 12.5 Å². The van der Waals surface area contributed by atoms with E-state index in [4.69, 9.17) is 4.42 Å². The average Bonchev–Trinajstić information content (AvgIpc) is 2.66. The largest absolute Gasteiger partial charge is 0.461 e. The Labute approximate surface area is 90.5 Å². The summed E-state index contributed by atoms with van der Waals surface area (Å²) in [4.78, 5) is 8.65. The monoisotopic (exact) mass is 206 g/mol. The number of rotatable bonds is 0. The fourth-order valence-electron chi connectivity index (χ4n) is 1.13. The minimum atomic E-state index is -0.00847. The van der Waals surface area contributed by atoms with Crippen molar-refractivity contribution in [3.63, 3.8) is 0 Å². The minimum Gasteiger partial charge on any atom is -0.461 e. The summed E-state index contributed by atoms with van der Waals surface area (Å²) in [6.07, 6.45) is 3.36. The van der Waals surface area contributed by atoms with Crippen LogP contribution in [-0.4, -0.2) is 9.97 Å². The lowest BCUT2D eigenvalue weighted by atomic mass is 9.96. The molecule has 82 valence electrons. The molecule has 0 saturated heterocycles. The number of hydrogen-bond acceptors (Lipinski definition) is 3.